The average Bonchev–Trinajstić information content (AvgIpc) is 2.00. The zero-order valence-corrected chi connectivity index (χ0v) is 6.59. The van der Waals surface area contributed by atoms with Crippen molar-refractivity contribution >= 4 is 24.2 Å². The summed E-state index contributed by atoms with van der Waals surface area (Å²) >= 11 is 5.28. The lowest BCUT2D eigenvalue weighted by Crippen LogP contribution is -2.30. The molecule has 1 aromatic carbocycles. The van der Waals surface area contributed by atoms with Crippen molar-refractivity contribution in [3.8, 4) is 5.75 Å². The Morgan fingerprint density at radius 1 is 1.33 bits per heavy atom. The maximum atomic E-state index is 12.6. The number of phenols is 1. The Bertz CT molecular complexity index is 305. The molecule has 0 aliphatic carbocycles. The third-order valence-electron chi connectivity index (χ3n) is 1.38. The highest BCUT2D eigenvalue weighted by Gasteiger charge is 2.19. The Morgan fingerprint density at radius 3 is 2.42 bits per heavy atom. The van der Waals surface area contributed by atoms with E-state index in [2.05, 4.69) is 0 Å². The van der Waals surface area contributed by atoms with Crippen LogP contribution in [0.25, 0.3) is 0 Å². The zero-order valence-electron chi connectivity index (χ0n) is 5.83. The van der Waals surface area contributed by atoms with Crippen LogP contribution in [0.15, 0.2) is 12.1 Å². The van der Waals surface area contributed by atoms with E-state index in [1.54, 1.807) is 0 Å². The Kier molecular flexibility index (Phi) is 2.57. The van der Waals surface area contributed by atoms with Gasteiger partial charge in [-0.2, -0.15) is 0 Å². The Morgan fingerprint density at radius 2 is 1.92 bits per heavy atom. The summed E-state index contributed by atoms with van der Waals surface area (Å²) in [6.07, 6.45) is 0. The van der Waals surface area contributed by atoms with E-state index in [4.69, 9.17) is 26.8 Å². The molecule has 0 fully saturated rings. The molecule has 0 bridgehead atoms. The number of hydrogen-bond acceptors (Lipinski definition) is 3. The first-order chi connectivity index (χ1) is 5.54. The summed E-state index contributed by atoms with van der Waals surface area (Å²) in [5, 5.41) is 25.8. The second-order valence-corrected chi connectivity index (χ2v) is 2.55. The highest BCUT2D eigenvalue weighted by atomic mass is 35.5. The molecule has 0 radical (unpaired) electrons. The highest BCUT2D eigenvalue weighted by molar-refractivity contribution is 6.60. The van der Waals surface area contributed by atoms with Crippen LogP contribution in [0.5, 0.6) is 5.75 Å². The van der Waals surface area contributed by atoms with E-state index in [0.29, 0.717) is 0 Å². The topological polar surface area (TPSA) is 60.7 Å². The number of rotatable bonds is 1. The van der Waals surface area contributed by atoms with Gasteiger partial charge in [-0.05, 0) is 6.07 Å². The van der Waals surface area contributed by atoms with Crippen LogP contribution < -0.4 is 5.46 Å². The fourth-order valence-electron chi connectivity index (χ4n) is 0.763. The van der Waals surface area contributed by atoms with Crippen LogP contribution in [-0.4, -0.2) is 22.3 Å². The number of aromatic hydroxyl groups is 1. The monoisotopic (exact) mass is 190 g/mol. The lowest BCUT2D eigenvalue weighted by Gasteiger charge is -2.04. The molecule has 3 N–H and O–H groups in total. The van der Waals surface area contributed by atoms with E-state index in [1.165, 1.54) is 0 Å². The molecule has 1 aromatic rings. The molecule has 0 amide bonds. The average molecular weight is 190 g/mol. The zero-order chi connectivity index (χ0) is 9.30. The molecule has 0 aliphatic heterocycles. The molecule has 1 rings (SSSR count). The molecular weight excluding hydrogens is 185 g/mol. The summed E-state index contributed by atoms with van der Waals surface area (Å²) in [5.41, 5.74) is -0.221. The summed E-state index contributed by atoms with van der Waals surface area (Å²) in [6, 6.07) is 1.98. The van der Waals surface area contributed by atoms with Crippen LogP contribution >= 0.6 is 11.6 Å². The van der Waals surface area contributed by atoms with Gasteiger partial charge in [0, 0.05) is 5.46 Å². The van der Waals surface area contributed by atoms with Gasteiger partial charge in [-0.25, -0.2) is 4.39 Å². The standard InChI is InChI=1S/C6H5BClFO3/c8-5-4(9)2-1-3(6(5)10)7(11)12/h1-2,10-12H. The lowest BCUT2D eigenvalue weighted by molar-refractivity contribution is 0.419. The van der Waals surface area contributed by atoms with Crippen LogP contribution in [-0.2, 0) is 0 Å². The molecule has 3 nitrogen and oxygen atoms in total. The highest BCUT2D eigenvalue weighted by Crippen LogP contribution is 2.23. The summed E-state index contributed by atoms with van der Waals surface area (Å²) < 4.78 is 12.6. The molecule has 0 saturated carbocycles. The summed E-state index contributed by atoms with van der Waals surface area (Å²) in [6.45, 7) is 0. The molecule has 0 aliphatic rings. The van der Waals surface area contributed by atoms with Gasteiger partial charge in [0.25, 0.3) is 0 Å². The van der Waals surface area contributed by atoms with Gasteiger partial charge in [-0.15, -0.1) is 0 Å². The second-order valence-electron chi connectivity index (χ2n) is 2.17. The predicted molar refractivity (Wildman–Crippen MR) is 42.9 cm³/mol. The number of hydrogen-bond donors (Lipinski definition) is 3. The fourth-order valence-corrected chi connectivity index (χ4v) is 0.935. The minimum atomic E-state index is -1.86. The molecule has 0 aromatic heterocycles. The van der Waals surface area contributed by atoms with Gasteiger partial charge >= 0.3 is 7.12 Å². The largest absolute Gasteiger partial charge is 0.507 e. The van der Waals surface area contributed by atoms with Crippen LogP contribution in [0.2, 0.25) is 5.02 Å². The van der Waals surface area contributed by atoms with E-state index in [-0.39, 0.29) is 5.46 Å². The van der Waals surface area contributed by atoms with E-state index in [1.807, 2.05) is 0 Å². The van der Waals surface area contributed by atoms with Crippen molar-refractivity contribution in [2.24, 2.45) is 0 Å². The molecular formula is C6H5BClFO3. The van der Waals surface area contributed by atoms with E-state index in [9.17, 15) is 4.39 Å². The first kappa shape index (κ1) is 9.31. The molecule has 64 valence electrons. The van der Waals surface area contributed by atoms with E-state index in [0.717, 1.165) is 12.1 Å². The minimum absolute atomic E-state index is 0.221. The van der Waals surface area contributed by atoms with E-state index >= 15 is 0 Å². The summed E-state index contributed by atoms with van der Waals surface area (Å²) in [5.74, 6) is -1.45. The Hall–Kier alpha value is -0.775. The molecule has 0 spiro atoms. The van der Waals surface area contributed by atoms with Gasteiger partial charge in [0.15, 0.2) is 0 Å². The molecule has 6 heteroatoms. The molecule has 0 saturated heterocycles. The maximum Gasteiger partial charge on any atom is 0.492 e. The molecule has 0 atom stereocenters. The number of halogens is 2. The number of phenolic OH excluding ortho intramolecular Hbond substituents is 1. The van der Waals surface area contributed by atoms with Crippen molar-refractivity contribution in [2.45, 2.75) is 0 Å². The van der Waals surface area contributed by atoms with Gasteiger partial charge in [0.05, 0.1) is 0 Å². The SMILES string of the molecule is OB(O)c1ccc(F)c(Cl)c1O. The number of benzene rings is 1. The smallest absolute Gasteiger partial charge is 0.492 e. The summed E-state index contributed by atoms with van der Waals surface area (Å²) in [7, 11) is -1.86. The van der Waals surface area contributed by atoms with Gasteiger partial charge in [0.1, 0.15) is 16.6 Å². The van der Waals surface area contributed by atoms with Gasteiger partial charge < -0.3 is 15.2 Å². The van der Waals surface area contributed by atoms with Crippen LogP contribution in [0.3, 0.4) is 0 Å². The van der Waals surface area contributed by atoms with Gasteiger partial charge in [-0.1, -0.05) is 17.7 Å². The van der Waals surface area contributed by atoms with Crippen molar-refractivity contribution in [3.05, 3.63) is 23.0 Å². The van der Waals surface area contributed by atoms with Crippen LogP contribution in [0, 0.1) is 5.82 Å². The first-order valence-corrected chi connectivity index (χ1v) is 3.45. The van der Waals surface area contributed by atoms with Crippen LogP contribution in [0.1, 0.15) is 0 Å². The molecule has 0 unspecified atom stereocenters. The summed E-state index contributed by atoms with van der Waals surface area (Å²) in [4.78, 5) is 0. The van der Waals surface area contributed by atoms with E-state index < -0.39 is 23.7 Å². The first-order valence-electron chi connectivity index (χ1n) is 3.07. The normalized spacial score (nSPS) is 10.0. The quantitative estimate of drug-likeness (QED) is 0.540. The third kappa shape index (κ3) is 1.53. The van der Waals surface area contributed by atoms with Crippen molar-refractivity contribution in [1.82, 2.24) is 0 Å². The van der Waals surface area contributed by atoms with Gasteiger partial charge in [-0.3, -0.25) is 0 Å². The predicted octanol–water partition coefficient (Wildman–Crippen LogP) is -0.136. The van der Waals surface area contributed by atoms with Crippen molar-refractivity contribution in [2.75, 3.05) is 0 Å². The van der Waals surface area contributed by atoms with Crippen molar-refractivity contribution in [3.63, 3.8) is 0 Å². The third-order valence-corrected chi connectivity index (χ3v) is 1.74. The molecule has 0 heterocycles. The van der Waals surface area contributed by atoms with Gasteiger partial charge in [0.2, 0.25) is 0 Å². The lowest BCUT2D eigenvalue weighted by atomic mass is 9.79. The Balaban J connectivity index is 3.27. The second kappa shape index (κ2) is 3.31. The maximum absolute atomic E-state index is 12.6. The molecule has 12 heavy (non-hydrogen) atoms. The Labute approximate surface area is 73.2 Å². The van der Waals surface area contributed by atoms with Crippen molar-refractivity contribution in [1.29, 1.82) is 0 Å². The van der Waals surface area contributed by atoms with Crippen LogP contribution in [0.4, 0.5) is 4.39 Å². The fraction of sp³-hybridized carbons (Fsp3) is 0. The van der Waals surface area contributed by atoms with Crippen molar-refractivity contribution < 1.29 is 19.5 Å². The minimum Gasteiger partial charge on any atom is -0.507 e.